The van der Waals surface area contributed by atoms with E-state index >= 15 is 0 Å². The third-order valence-electron chi connectivity index (χ3n) is 7.35. The van der Waals surface area contributed by atoms with Crippen LogP contribution in [-0.2, 0) is 6.67 Å². The summed E-state index contributed by atoms with van der Waals surface area (Å²) in [6.07, 6.45) is 2.13. The fourth-order valence-corrected chi connectivity index (χ4v) is 5.59. The third kappa shape index (κ3) is 4.93. The monoisotopic (exact) mass is 562 g/mol. The largest absolute Gasteiger partial charge is 0.312 e. The Morgan fingerprint density at radius 3 is 1.60 bits per heavy atom. The molecular weight excluding hydrogens is 536 g/mol. The minimum Gasteiger partial charge on any atom is -0.312 e. The minimum absolute atomic E-state index is 0.481. The topological polar surface area (TPSA) is 35.6 Å². The molecule has 0 spiro atoms. The van der Waals surface area contributed by atoms with Gasteiger partial charge in [0.25, 0.3) is 0 Å². The highest BCUT2D eigenvalue weighted by Gasteiger charge is 2.24. The van der Waals surface area contributed by atoms with Crippen LogP contribution in [0.3, 0.4) is 0 Å². The molecule has 7 rings (SSSR count). The molecule has 7 aromatic rings. The summed E-state index contributed by atoms with van der Waals surface area (Å²) in [5.74, 6) is 1.74. The lowest BCUT2D eigenvalue weighted by molar-refractivity contribution is 0.623. The molecule has 202 valence electrons. The van der Waals surface area contributed by atoms with E-state index in [2.05, 4.69) is 69.9 Å². The number of rotatable bonds is 7. The van der Waals surface area contributed by atoms with E-state index in [1.54, 1.807) is 0 Å². The number of halogens is 1. The normalized spacial score (nSPS) is 11.1. The molecule has 0 aliphatic rings. The summed E-state index contributed by atoms with van der Waals surface area (Å²) >= 11 is 6.90. The molecule has 5 aromatic carbocycles. The fourth-order valence-electron chi connectivity index (χ4n) is 5.36. The number of benzene rings is 5. The first-order valence-corrected chi connectivity index (χ1v) is 14.3. The van der Waals surface area contributed by atoms with E-state index in [1.807, 2.05) is 91.0 Å². The quantitative estimate of drug-likeness (QED) is 0.194. The molecule has 0 saturated carbocycles. The molecule has 0 atom stereocenters. The van der Waals surface area contributed by atoms with Crippen LogP contribution in [0.4, 0.5) is 0 Å². The van der Waals surface area contributed by atoms with Gasteiger partial charge in [0, 0.05) is 39.0 Å². The van der Waals surface area contributed by atoms with Crippen molar-refractivity contribution in [3.05, 3.63) is 157 Å². The van der Waals surface area contributed by atoms with Gasteiger partial charge in [0.15, 0.2) is 0 Å². The van der Waals surface area contributed by atoms with E-state index in [9.17, 15) is 0 Å². The molecule has 5 heteroatoms. The average molecular weight is 563 g/mol. The molecular formula is C37H27ClN4. The summed E-state index contributed by atoms with van der Waals surface area (Å²) in [4.78, 5) is 10.4. The van der Waals surface area contributed by atoms with E-state index in [4.69, 9.17) is 21.6 Å². The first-order valence-electron chi connectivity index (χ1n) is 13.9. The van der Waals surface area contributed by atoms with Gasteiger partial charge in [-0.3, -0.25) is 0 Å². The molecule has 0 amide bonds. The van der Waals surface area contributed by atoms with Gasteiger partial charge in [0.2, 0.25) is 0 Å². The van der Waals surface area contributed by atoms with Crippen LogP contribution in [-0.4, -0.2) is 19.1 Å². The van der Waals surface area contributed by atoms with Gasteiger partial charge < -0.3 is 9.13 Å². The Morgan fingerprint density at radius 2 is 1.00 bits per heavy atom. The highest BCUT2D eigenvalue weighted by molar-refractivity contribution is 6.33. The maximum Gasteiger partial charge on any atom is 0.142 e. The van der Waals surface area contributed by atoms with Crippen molar-refractivity contribution in [3.63, 3.8) is 0 Å². The minimum atomic E-state index is 0.481. The fraction of sp³-hybridized carbons (Fsp3) is 0.0270. The molecule has 0 unspecified atom stereocenters. The summed E-state index contributed by atoms with van der Waals surface area (Å²) < 4.78 is 4.47. The van der Waals surface area contributed by atoms with E-state index in [1.165, 1.54) is 0 Å². The molecule has 0 saturated heterocycles. The van der Waals surface area contributed by atoms with Crippen molar-refractivity contribution in [1.82, 2.24) is 19.1 Å². The Balaban J connectivity index is 1.50. The van der Waals surface area contributed by atoms with Crippen molar-refractivity contribution in [2.45, 2.75) is 6.67 Å². The number of hydrogen-bond donors (Lipinski definition) is 0. The van der Waals surface area contributed by atoms with Gasteiger partial charge in [-0.15, -0.1) is 0 Å². The van der Waals surface area contributed by atoms with Crippen LogP contribution < -0.4 is 0 Å². The molecule has 4 nitrogen and oxygen atoms in total. The Hall–Kier alpha value is -5.19. The van der Waals surface area contributed by atoms with Crippen molar-refractivity contribution in [1.29, 1.82) is 0 Å². The molecule has 0 radical (unpaired) electrons. The van der Waals surface area contributed by atoms with Gasteiger partial charge >= 0.3 is 0 Å². The molecule has 0 aliphatic heterocycles. The smallest absolute Gasteiger partial charge is 0.142 e. The molecule has 42 heavy (non-hydrogen) atoms. The Kier molecular flexibility index (Phi) is 6.97. The number of imidazole rings is 2. The third-order valence-corrected chi connectivity index (χ3v) is 7.68. The van der Waals surface area contributed by atoms with E-state index in [-0.39, 0.29) is 0 Å². The molecule has 2 heterocycles. The van der Waals surface area contributed by atoms with Crippen LogP contribution in [0.2, 0.25) is 5.02 Å². The van der Waals surface area contributed by atoms with Gasteiger partial charge in [0.05, 0.1) is 17.1 Å². The van der Waals surface area contributed by atoms with E-state index < -0.39 is 0 Å². The summed E-state index contributed by atoms with van der Waals surface area (Å²) in [5, 5.41) is 0.675. The highest BCUT2D eigenvalue weighted by atomic mass is 35.5. The lowest BCUT2D eigenvalue weighted by Crippen LogP contribution is -2.12. The predicted octanol–water partition coefficient (Wildman–Crippen LogP) is 9.57. The Morgan fingerprint density at radius 1 is 0.500 bits per heavy atom. The van der Waals surface area contributed by atoms with Crippen molar-refractivity contribution in [3.8, 4) is 56.5 Å². The van der Waals surface area contributed by atoms with Crippen LogP contribution in [0.15, 0.2) is 152 Å². The van der Waals surface area contributed by atoms with Gasteiger partial charge in [-0.25, -0.2) is 9.97 Å². The molecule has 2 aromatic heterocycles. The summed E-state index contributed by atoms with van der Waals surface area (Å²) in [6.45, 7) is 0.481. The van der Waals surface area contributed by atoms with Crippen LogP contribution >= 0.6 is 11.6 Å². The van der Waals surface area contributed by atoms with Gasteiger partial charge in [0.1, 0.15) is 18.3 Å². The highest BCUT2D eigenvalue weighted by Crippen LogP contribution is 2.39. The molecule has 0 N–H and O–H groups in total. The zero-order valence-corrected chi connectivity index (χ0v) is 23.6. The van der Waals surface area contributed by atoms with Crippen molar-refractivity contribution >= 4 is 11.6 Å². The molecule has 0 aliphatic carbocycles. The first-order chi connectivity index (χ1) is 20.8. The van der Waals surface area contributed by atoms with Gasteiger partial charge in [-0.2, -0.15) is 0 Å². The summed E-state index contributed by atoms with van der Waals surface area (Å²) in [5.41, 5.74) is 7.85. The Bertz CT molecular complexity index is 1940. The van der Waals surface area contributed by atoms with Crippen molar-refractivity contribution < 1.29 is 0 Å². The average Bonchev–Trinajstić information content (AvgIpc) is 3.65. The second kappa shape index (κ2) is 11.4. The molecule has 0 fully saturated rings. The number of aromatic nitrogens is 4. The van der Waals surface area contributed by atoms with Crippen molar-refractivity contribution in [2.24, 2.45) is 0 Å². The second-order valence-corrected chi connectivity index (χ2v) is 10.5. The second-order valence-electron chi connectivity index (χ2n) is 10.1. The first kappa shape index (κ1) is 25.8. The SMILES string of the molecule is Clc1ccccc1-c1c(-c2ccccc2)nc(-c2ccccc2)n1Cn1cc(-c2ccccc2)nc1-c1ccccc1. The van der Waals surface area contributed by atoms with Gasteiger partial charge in [-0.05, 0) is 6.07 Å². The standard InChI is InChI=1S/C37H27ClN4/c38-32-24-14-13-23-31(32)35-34(28-17-7-2-8-18-28)40-37(30-21-11-4-12-22-30)42(35)26-41-25-33(27-15-5-1-6-16-27)39-36(41)29-19-9-3-10-20-29/h1-25H,26H2. The van der Waals surface area contributed by atoms with Gasteiger partial charge in [-0.1, -0.05) is 151 Å². The van der Waals surface area contributed by atoms with E-state index in [0.29, 0.717) is 11.7 Å². The predicted molar refractivity (Wildman–Crippen MR) is 172 cm³/mol. The Labute approximate surface area is 250 Å². The van der Waals surface area contributed by atoms with Crippen molar-refractivity contribution in [2.75, 3.05) is 0 Å². The maximum absolute atomic E-state index is 6.90. The van der Waals surface area contributed by atoms with Crippen LogP contribution in [0.25, 0.3) is 56.5 Å². The molecule has 0 bridgehead atoms. The zero-order chi connectivity index (χ0) is 28.3. The lowest BCUT2D eigenvalue weighted by Gasteiger charge is -2.17. The summed E-state index contributed by atoms with van der Waals surface area (Å²) in [7, 11) is 0. The van der Waals surface area contributed by atoms with Crippen LogP contribution in [0.5, 0.6) is 0 Å². The lowest BCUT2D eigenvalue weighted by atomic mass is 10.0. The van der Waals surface area contributed by atoms with E-state index in [0.717, 1.165) is 56.5 Å². The zero-order valence-electron chi connectivity index (χ0n) is 22.8. The van der Waals surface area contributed by atoms with Crippen LogP contribution in [0, 0.1) is 0 Å². The van der Waals surface area contributed by atoms with Crippen LogP contribution in [0.1, 0.15) is 0 Å². The number of hydrogen-bond acceptors (Lipinski definition) is 2. The maximum atomic E-state index is 6.90. The number of nitrogens with zero attached hydrogens (tertiary/aromatic N) is 4. The summed E-state index contributed by atoms with van der Waals surface area (Å²) in [6, 6.07) is 49.3.